The second kappa shape index (κ2) is 5.51. The minimum absolute atomic E-state index is 0.964. The quantitative estimate of drug-likeness (QED) is 0.711. The van der Waals surface area contributed by atoms with E-state index in [0.717, 1.165) is 5.19 Å². The van der Waals surface area contributed by atoms with E-state index in [-0.39, 0.29) is 0 Å². The van der Waals surface area contributed by atoms with Crippen molar-refractivity contribution in [1.82, 2.24) is 0 Å². The second-order valence-corrected chi connectivity index (χ2v) is 16.5. The van der Waals surface area contributed by atoms with E-state index in [1.54, 1.807) is 0 Å². The lowest BCUT2D eigenvalue weighted by Gasteiger charge is -2.37. The molecule has 0 atom stereocenters. The molecule has 0 N–H and O–H groups in total. The van der Waals surface area contributed by atoms with Crippen LogP contribution in [0.25, 0.3) is 0 Å². The van der Waals surface area contributed by atoms with Gasteiger partial charge in [-0.1, -0.05) is 30.3 Å². The molecule has 0 bridgehead atoms. The van der Waals surface area contributed by atoms with E-state index in [1.165, 1.54) is 0 Å². The van der Waals surface area contributed by atoms with Gasteiger partial charge < -0.3 is 16.5 Å². The molecule has 0 amide bonds. The van der Waals surface area contributed by atoms with Crippen LogP contribution in [-0.2, 0) is 16.5 Å². The lowest BCUT2D eigenvalue weighted by atomic mass is 10.4. The first kappa shape index (κ1) is 14.3. The number of hydrogen-bond donors (Lipinski definition) is 0. The highest BCUT2D eigenvalue weighted by atomic mass is 28.5. The smallest absolute Gasteiger partial charge is 0.338 e. The van der Waals surface area contributed by atoms with E-state index < -0.39 is 36.4 Å². The Balaban J connectivity index is 2.23. The molecular weight excluding hydrogens is 296 g/mol. The largest absolute Gasteiger partial charge is 0.420 e. The van der Waals surface area contributed by atoms with Gasteiger partial charge in [-0.2, -0.15) is 0 Å². The lowest BCUT2D eigenvalue weighted by molar-refractivity contribution is 0.281. The summed E-state index contributed by atoms with van der Waals surface area (Å²) in [6.07, 6.45) is 0. The molecule has 0 radical (unpaired) electrons. The van der Waals surface area contributed by atoms with Crippen molar-refractivity contribution in [2.45, 2.75) is 26.2 Å². The Morgan fingerprint density at radius 2 is 1.39 bits per heavy atom. The average molecular weight is 317 g/mol. The Labute approximate surface area is 115 Å². The zero-order valence-corrected chi connectivity index (χ0v) is 15.9. The van der Waals surface area contributed by atoms with E-state index in [0.29, 0.717) is 0 Å². The summed E-state index contributed by atoms with van der Waals surface area (Å²) in [6.45, 7) is 8.26. The molecule has 100 valence electrons. The lowest BCUT2D eigenvalue weighted by Crippen LogP contribution is -2.57. The third-order valence-corrected chi connectivity index (χ3v) is 16.4. The van der Waals surface area contributed by atoms with Gasteiger partial charge in [0.2, 0.25) is 0 Å². The van der Waals surface area contributed by atoms with Crippen LogP contribution in [0.5, 0.6) is 0 Å². The van der Waals surface area contributed by atoms with Gasteiger partial charge in [0.15, 0.2) is 0 Å². The highest BCUT2D eigenvalue weighted by molar-refractivity contribution is 6.85. The molecule has 0 aromatic heterocycles. The van der Waals surface area contributed by atoms with Crippen LogP contribution in [0.15, 0.2) is 30.3 Å². The molecule has 1 heterocycles. The summed E-state index contributed by atoms with van der Waals surface area (Å²) in [7, 11) is -7.05. The molecule has 1 aromatic rings. The molecule has 0 aliphatic carbocycles. The van der Waals surface area contributed by atoms with E-state index in [1.807, 2.05) is 18.2 Å². The fourth-order valence-electron chi connectivity index (χ4n) is 1.67. The van der Waals surface area contributed by atoms with Gasteiger partial charge in [0.05, 0.1) is 0 Å². The maximum atomic E-state index is 6.22. The molecule has 4 nitrogen and oxygen atoms in total. The van der Waals surface area contributed by atoms with E-state index >= 15 is 0 Å². The topological polar surface area (TPSA) is 36.9 Å². The summed E-state index contributed by atoms with van der Waals surface area (Å²) in [5.41, 5.74) is 0. The summed E-state index contributed by atoms with van der Waals surface area (Å²) in [5.74, 6) is 0. The normalized spacial score (nSPS) is 28.6. The number of hydrogen-bond acceptors (Lipinski definition) is 4. The molecule has 1 fully saturated rings. The first-order valence-electron chi connectivity index (χ1n) is 6.06. The van der Waals surface area contributed by atoms with Crippen molar-refractivity contribution in [3.8, 4) is 0 Å². The maximum Gasteiger partial charge on any atom is 0.338 e. The highest BCUT2D eigenvalue weighted by Gasteiger charge is 2.39. The van der Waals surface area contributed by atoms with E-state index in [4.69, 9.17) is 16.5 Å². The van der Waals surface area contributed by atoms with Crippen molar-refractivity contribution in [1.29, 1.82) is 0 Å². The molecule has 1 saturated heterocycles. The van der Waals surface area contributed by atoms with Crippen molar-refractivity contribution in [3.63, 3.8) is 0 Å². The van der Waals surface area contributed by atoms with E-state index in [2.05, 4.69) is 38.3 Å². The van der Waals surface area contributed by atoms with Gasteiger partial charge in [-0.15, -0.1) is 0 Å². The predicted molar refractivity (Wildman–Crippen MR) is 81.1 cm³/mol. The zero-order chi connectivity index (χ0) is 13.2. The second-order valence-electron chi connectivity index (χ2n) is 5.18. The number of rotatable bonds is 1. The summed E-state index contributed by atoms with van der Waals surface area (Å²) in [4.78, 5) is 0. The third kappa shape index (κ3) is 3.96. The standard InChI is InChI=1S/C10H20O4Si4/c1-17(2)11-15-12-18(3,4)14-16(13-17)10-8-6-5-7-9-10/h5-9,16H,15H2,1-4H3. The Morgan fingerprint density at radius 1 is 0.889 bits per heavy atom. The van der Waals surface area contributed by atoms with Gasteiger partial charge in [-0.05, 0) is 31.4 Å². The zero-order valence-electron chi connectivity index (χ0n) is 11.3. The van der Waals surface area contributed by atoms with Gasteiger partial charge in [-0.25, -0.2) is 0 Å². The van der Waals surface area contributed by atoms with E-state index in [9.17, 15) is 0 Å². The fraction of sp³-hybridized carbons (Fsp3) is 0.400. The Kier molecular flexibility index (Phi) is 4.39. The summed E-state index contributed by atoms with van der Waals surface area (Å²) >= 11 is 0. The molecule has 18 heavy (non-hydrogen) atoms. The summed E-state index contributed by atoms with van der Waals surface area (Å²) in [5, 5.41) is 1.16. The van der Waals surface area contributed by atoms with Crippen molar-refractivity contribution in [2.75, 3.05) is 0 Å². The molecule has 0 unspecified atom stereocenters. The van der Waals surface area contributed by atoms with Crippen LogP contribution in [0, 0.1) is 0 Å². The molecule has 1 aromatic carbocycles. The highest BCUT2D eigenvalue weighted by Crippen LogP contribution is 2.17. The Morgan fingerprint density at radius 3 is 1.89 bits per heavy atom. The van der Waals surface area contributed by atoms with Crippen LogP contribution in [0.1, 0.15) is 0 Å². The molecule has 8 heteroatoms. The van der Waals surface area contributed by atoms with Gasteiger partial charge in [0.25, 0.3) is 10.0 Å². The van der Waals surface area contributed by atoms with Crippen molar-refractivity contribution >= 4 is 41.6 Å². The molecular formula is C10H20O4Si4. The SMILES string of the molecule is C[Si]1(C)O[SiH2]O[Si](C)(C)O[SiH](c2ccccc2)O1. The van der Waals surface area contributed by atoms with Crippen molar-refractivity contribution in [3.05, 3.63) is 30.3 Å². The van der Waals surface area contributed by atoms with Gasteiger partial charge in [-0.3, -0.25) is 0 Å². The molecule has 2 rings (SSSR count). The first-order chi connectivity index (χ1) is 8.38. The van der Waals surface area contributed by atoms with Crippen LogP contribution in [0.4, 0.5) is 0 Å². The predicted octanol–water partition coefficient (Wildman–Crippen LogP) is 0.596. The molecule has 0 saturated carbocycles. The number of benzene rings is 1. The van der Waals surface area contributed by atoms with Crippen molar-refractivity contribution in [2.24, 2.45) is 0 Å². The van der Waals surface area contributed by atoms with Gasteiger partial charge in [0.1, 0.15) is 0 Å². The van der Waals surface area contributed by atoms with Crippen LogP contribution in [0.2, 0.25) is 26.2 Å². The van der Waals surface area contributed by atoms with Gasteiger partial charge in [0, 0.05) is 0 Å². The minimum atomic E-state index is -2.09. The van der Waals surface area contributed by atoms with Crippen molar-refractivity contribution < 1.29 is 16.5 Å². The molecule has 1 aliphatic heterocycles. The monoisotopic (exact) mass is 316 g/mol. The Bertz CT molecular complexity index is 380. The van der Waals surface area contributed by atoms with Crippen LogP contribution in [-0.4, -0.2) is 36.4 Å². The molecule has 0 spiro atoms. The van der Waals surface area contributed by atoms with Crippen LogP contribution in [0.3, 0.4) is 0 Å². The van der Waals surface area contributed by atoms with Gasteiger partial charge >= 0.3 is 26.4 Å². The van der Waals surface area contributed by atoms with Crippen LogP contribution < -0.4 is 5.19 Å². The summed E-state index contributed by atoms with van der Waals surface area (Å²) < 4.78 is 24.2. The average Bonchev–Trinajstić information content (AvgIpc) is 2.26. The molecule has 1 aliphatic rings. The third-order valence-electron chi connectivity index (χ3n) is 2.67. The fourth-order valence-corrected chi connectivity index (χ4v) is 12.8. The first-order valence-corrected chi connectivity index (χ1v) is 14.4. The summed E-state index contributed by atoms with van der Waals surface area (Å²) in [6, 6.07) is 10.2. The minimum Gasteiger partial charge on any atom is -0.420 e. The maximum absolute atomic E-state index is 6.22. The van der Waals surface area contributed by atoms with Crippen LogP contribution >= 0.6 is 0 Å². The Hall–Kier alpha value is -0.0725.